The topological polar surface area (TPSA) is 40.1 Å². The van der Waals surface area contributed by atoms with Crippen LogP contribution in [0, 0.1) is 0 Å². The fraction of sp³-hybridized carbons (Fsp3) is 0.182. The molecule has 0 spiro atoms. The van der Waals surface area contributed by atoms with E-state index in [1.54, 1.807) is 10.8 Å². The average molecular weight is 221 g/mol. The van der Waals surface area contributed by atoms with Crippen LogP contribution >= 0.6 is 12.0 Å². The Bertz CT molecular complexity index is 418. The predicted molar refractivity (Wildman–Crippen MR) is 56.6 cm³/mol. The molecule has 0 N–H and O–H groups in total. The lowest BCUT2D eigenvalue weighted by molar-refractivity contribution is -0.888. The summed E-state index contributed by atoms with van der Waals surface area (Å²) in [5.74, 6) is 0.732. The summed E-state index contributed by atoms with van der Waals surface area (Å²) >= 11 is 0.455. The van der Waals surface area contributed by atoms with Gasteiger partial charge in [-0.05, 0) is 11.7 Å². The molecule has 4 heteroatoms. The minimum absolute atomic E-state index is 0.455. The lowest BCUT2D eigenvalue weighted by atomic mass is 10.2. The van der Waals surface area contributed by atoms with Crippen molar-refractivity contribution in [3.63, 3.8) is 0 Å². The predicted octanol–water partition coefficient (Wildman–Crippen LogP) is 2.48. The second-order valence-electron chi connectivity index (χ2n) is 3.08. The molecule has 1 aromatic carbocycles. The Morgan fingerprint density at radius 2 is 2.07 bits per heavy atom. The zero-order valence-corrected chi connectivity index (χ0v) is 9.16. The van der Waals surface area contributed by atoms with E-state index in [9.17, 15) is 4.55 Å². The van der Waals surface area contributed by atoms with E-state index in [1.807, 2.05) is 37.3 Å². The maximum Gasteiger partial charge on any atom is 0.274 e. The summed E-state index contributed by atoms with van der Waals surface area (Å²) in [4.78, 5) is 0. The number of nitrogens with zero attached hydrogens (tertiary/aromatic N) is 1. The summed E-state index contributed by atoms with van der Waals surface area (Å²) in [6.45, 7) is 2.61. The third kappa shape index (κ3) is 2.06. The van der Waals surface area contributed by atoms with Crippen molar-refractivity contribution in [1.82, 2.24) is 0 Å². The normalized spacial score (nSPS) is 10.5. The number of hydrogen-bond donors (Lipinski definition) is 0. The molecule has 0 radical (unpaired) electrons. The fourth-order valence-electron chi connectivity index (χ4n) is 1.40. The van der Waals surface area contributed by atoms with Crippen LogP contribution in [-0.2, 0) is 6.54 Å². The fourth-order valence-corrected chi connectivity index (χ4v) is 1.80. The van der Waals surface area contributed by atoms with Crippen LogP contribution in [0.2, 0.25) is 0 Å². The molecule has 15 heavy (non-hydrogen) atoms. The Balaban J connectivity index is 2.42. The lowest BCUT2D eigenvalue weighted by Crippen LogP contribution is -2.31. The van der Waals surface area contributed by atoms with E-state index >= 15 is 0 Å². The first-order valence-corrected chi connectivity index (χ1v) is 5.48. The van der Waals surface area contributed by atoms with E-state index in [2.05, 4.69) is 0 Å². The van der Waals surface area contributed by atoms with Crippen molar-refractivity contribution >= 4 is 12.0 Å². The van der Waals surface area contributed by atoms with Crippen LogP contribution in [0.3, 0.4) is 0 Å². The molecule has 2 aromatic rings. The van der Waals surface area contributed by atoms with Gasteiger partial charge in [-0.15, -0.1) is 0 Å². The summed E-state index contributed by atoms with van der Waals surface area (Å²) in [6, 6.07) is 11.5. The van der Waals surface area contributed by atoms with Crippen LogP contribution in [0.15, 0.2) is 45.9 Å². The number of hydrogen-bond acceptors (Lipinski definition) is 3. The van der Waals surface area contributed by atoms with E-state index in [0.29, 0.717) is 23.6 Å². The first-order valence-electron chi connectivity index (χ1n) is 4.74. The molecule has 2 rings (SSSR count). The van der Waals surface area contributed by atoms with E-state index in [4.69, 9.17) is 4.52 Å². The molecule has 78 valence electrons. The molecule has 3 nitrogen and oxygen atoms in total. The highest BCUT2D eigenvalue weighted by molar-refractivity contribution is 7.93. The number of benzene rings is 1. The van der Waals surface area contributed by atoms with Gasteiger partial charge in [-0.2, -0.15) is 12.0 Å². The molecular weight excluding hydrogens is 210 g/mol. The van der Waals surface area contributed by atoms with Crippen molar-refractivity contribution in [3.8, 4) is 11.3 Å². The van der Waals surface area contributed by atoms with Crippen LogP contribution in [0.25, 0.3) is 11.3 Å². The first-order chi connectivity index (χ1) is 7.35. The van der Waals surface area contributed by atoms with E-state index in [1.165, 1.54) is 0 Å². The molecular formula is C11H11NO2S. The second-order valence-corrected chi connectivity index (χ2v) is 3.67. The number of rotatable bonds is 3. The van der Waals surface area contributed by atoms with Gasteiger partial charge >= 0.3 is 0 Å². The Labute approximate surface area is 92.5 Å². The lowest BCUT2D eigenvalue weighted by Gasteiger charge is -1.92. The van der Waals surface area contributed by atoms with Crippen LogP contribution in [-0.4, -0.2) is 4.55 Å². The number of aromatic nitrogens is 1. The van der Waals surface area contributed by atoms with Gasteiger partial charge in [0, 0.05) is 5.56 Å². The summed E-state index contributed by atoms with van der Waals surface area (Å²) in [6.07, 6.45) is 0. The summed E-state index contributed by atoms with van der Waals surface area (Å²) in [7, 11) is 0. The van der Waals surface area contributed by atoms with Gasteiger partial charge in [-0.1, -0.05) is 30.3 Å². The van der Waals surface area contributed by atoms with Crippen molar-refractivity contribution in [2.24, 2.45) is 0 Å². The maximum atomic E-state index is 10.8. The molecule has 0 amide bonds. The van der Waals surface area contributed by atoms with Crippen molar-refractivity contribution in [2.45, 2.75) is 18.5 Å². The zero-order chi connectivity index (χ0) is 10.7. The van der Waals surface area contributed by atoms with Crippen LogP contribution in [0.4, 0.5) is 0 Å². The van der Waals surface area contributed by atoms with Gasteiger partial charge in [0.15, 0.2) is 6.54 Å². The second kappa shape index (κ2) is 4.51. The quantitative estimate of drug-likeness (QED) is 0.590. The Kier molecular flexibility index (Phi) is 3.08. The molecule has 0 fully saturated rings. The largest absolute Gasteiger partial charge is 0.791 e. The molecule has 0 saturated carbocycles. The van der Waals surface area contributed by atoms with E-state index in [0.717, 1.165) is 11.3 Å². The summed E-state index contributed by atoms with van der Waals surface area (Å²) < 4.78 is 17.9. The third-order valence-electron chi connectivity index (χ3n) is 2.14. The minimum Gasteiger partial charge on any atom is -0.791 e. The Morgan fingerprint density at radius 3 is 2.60 bits per heavy atom. The van der Waals surface area contributed by atoms with Crippen molar-refractivity contribution in [1.29, 1.82) is 0 Å². The first kappa shape index (κ1) is 10.3. The molecule has 0 aliphatic rings. The van der Waals surface area contributed by atoms with Gasteiger partial charge < -0.3 is 4.55 Å². The van der Waals surface area contributed by atoms with Crippen molar-refractivity contribution < 1.29 is 13.8 Å². The van der Waals surface area contributed by atoms with Gasteiger partial charge in [-0.25, -0.2) is 4.52 Å². The van der Waals surface area contributed by atoms with Gasteiger partial charge in [0.05, 0.1) is 6.07 Å². The SMILES string of the molecule is CC[n+]1oc(-c2ccccc2)cc1S[O-]. The molecule has 0 bridgehead atoms. The third-order valence-corrected chi connectivity index (χ3v) is 2.63. The molecule has 1 aromatic heterocycles. The van der Waals surface area contributed by atoms with Gasteiger partial charge in [0.25, 0.3) is 5.03 Å². The van der Waals surface area contributed by atoms with E-state index in [-0.39, 0.29) is 0 Å². The number of aryl methyl sites for hydroxylation is 1. The summed E-state index contributed by atoms with van der Waals surface area (Å²) in [5, 5.41) is 0.608. The molecule has 0 saturated heterocycles. The average Bonchev–Trinajstić information content (AvgIpc) is 2.73. The monoisotopic (exact) mass is 221 g/mol. The maximum absolute atomic E-state index is 10.8. The van der Waals surface area contributed by atoms with E-state index < -0.39 is 0 Å². The molecule has 1 heterocycles. The van der Waals surface area contributed by atoms with Gasteiger partial charge in [-0.3, -0.25) is 0 Å². The van der Waals surface area contributed by atoms with Crippen molar-refractivity contribution in [3.05, 3.63) is 36.4 Å². The Morgan fingerprint density at radius 1 is 1.33 bits per heavy atom. The molecule has 0 aliphatic carbocycles. The van der Waals surface area contributed by atoms with Gasteiger partial charge in [0.2, 0.25) is 5.76 Å². The van der Waals surface area contributed by atoms with Crippen molar-refractivity contribution in [2.75, 3.05) is 0 Å². The van der Waals surface area contributed by atoms with Crippen LogP contribution < -0.4 is 4.74 Å². The highest BCUT2D eigenvalue weighted by Gasteiger charge is 2.15. The van der Waals surface area contributed by atoms with Crippen LogP contribution in [0.1, 0.15) is 6.92 Å². The minimum atomic E-state index is 0.455. The zero-order valence-electron chi connectivity index (χ0n) is 8.34. The van der Waals surface area contributed by atoms with Gasteiger partial charge in [0.1, 0.15) is 0 Å². The molecule has 0 unspecified atom stereocenters. The van der Waals surface area contributed by atoms with Crippen LogP contribution in [0.5, 0.6) is 0 Å². The molecule has 0 aliphatic heterocycles. The molecule has 0 atom stereocenters. The standard InChI is InChI=1S/C11H11NO2S/c1-2-12-11(15-13)8-10(14-12)9-6-4-3-5-7-9/h3-8H,2H2,1H3. The highest BCUT2D eigenvalue weighted by atomic mass is 32.2. The summed E-state index contributed by atoms with van der Waals surface area (Å²) in [5.41, 5.74) is 0.986. The Hall–Kier alpha value is -1.26. The smallest absolute Gasteiger partial charge is 0.274 e. The highest BCUT2D eigenvalue weighted by Crippen LogP contribution is 2.22.